The van der Waals surface area contributed by atoms with E-state index in [0.29, 0.717) is 23.7 Å². The van der Waals surface area contributed by atoms with Gasteiger partial charge in [-0.1, -0.05) is 13.8 Å². The van der Waals surface area contributed by atoms with E-state index in [1.165, 1.54) is 12.3 Å². The van der Waals surface area contributed by atoms with E-state index in [1.54, 1.807) is 0 Å². The fourth-order valence-corrected chi connectivity index (χ4v) is 1.49. The average molecular weight is 220 g/mol. The third kappa shape index (κ3) is 1.88. The minimum atomic E-state index is -1.02. The van der Waals surface area contributed by atoms with E-state index in [9.17, 15) is 4.79 Å². The molecule has 0 aliphatic rings. The second kappa shape index (κ2) is 3.92. The van der Waals surface area contributed by atoms with Crippen molar-refractivity contribution in [2.45, 2.75) is 20.3 Å². The third-order valence-corrected chi connectivity index (χ3v) is 2.15. The van der Waals surface area contributed by atoms with E-state index in [1.807, 2.05) is 13.8 Å². The number of rotatable bonds is 3. The van der Waals surface area contributed by atoms with Crippen LogP contribution in [0.4, 0.5) is 0 Å². The Morgan fingerprint density at radius 1 is 1.56 bits per heavy atom. The number of fused-ring (bicyclic) bond motifs is 1. The monoisotopic (exact) mass is 220 g/mol. The standard InChI is InChI=1S/C11H12N2O3/c1-6(2)5-8-13-9-7(11(14)15)3-4-12-10(9)16-8/h3-4,6H,5H2,1-2H3,(H,14,15). The van der Waals surface area contributed by atoms with E-state index in [4.69, 9.17) is 9.52 Å². The number of hydrogen-bond donors (Lipinski definition) is 1. The molecule has 0 fully saturated rings. The molecule has 0 saturated carbocycles. The van der Waals surface area contributed by atoms with Gasteiger partial charge in [0.25, 0.3) is 0 Å². The summed E-state index contributed by atoms with van der Waals surface area (Å²) in [4.78, 5) is 19.1. The molecule has 0 bridgehead atoms. The first kappa shape index (κ1) is 10.6. The van der Waals surface area contributed by atoms with Crippen LogP contribution in [-0.4, -0.2) is 21.0 Å². The van der Waals surface area contributed by atoms with Gasteiger partial charge in [-0.15, -0.1) is 0 Å². The predicted octanol–water partition coefficient (Wildman–Crippen LogP) is 2.12. The number of aromatic carboxylic acids is 1. The highest BCUT2D eigenvalue weighted by Gasteiger charge is 2.15. The van der Waals surface area contributed by atoms with Crippen molar-refractivity contribution in [3.05, 3.63) is 23.7 Å². The molecular weight excluding hydrogens is 208 g/mol. The van der Waals surface area contributed by atoms with Crippen molar-refractivity contribution >= 4 is 17.2 Å². The summed E-state index contributed by atoms with van der Waals surface area (Å²) in [7, 11) is 0. The number of pyridine rings is 1. The molecule has 2 heterocycles. The van der Waals surface area contributed by atoms with Crippen molar-refractivity contribution in [1.82, 2.24) is 9.97 Å². The lowest BCUT2D eigenvalue weighted by molar-refractivity contribution is 0.0698. The molecule has 2 aromatic rings. The number of carboxylic acid groups (broad SMARTS) is 1. The van der Waals surface area contributed by atoms with Crippen LogP contribution >= 0.6 is 0 Å². The van der Waals surface area contributed by atoms with Gasteiger partial charge in [-0.2, -0.15) is 0 Å². The summed E-state index contributed by atoms with van der Waals surface area (Å²) in [6, 6.07) is 1.42. The molecule has 0 unspecified atom stereocenters. The van der Waals surface area contributed by atoms with Crippen molar-refractivity contribution in [2.24, 2.45) is 5.92 Å². The second-order valence-electron chi connectivity index (χ2n) is 4.02. The van der Waals surface area contributed by atoms with Crippen LogP contribution in [0.3, 0.4) is 0 Å². The van der Waals surface area contributed by atoms with E-state index >= 15 is 0 Å². The van der Waals surface area contributed by atoms with E-state index < -0.39 is 5.97 Å². The number of carboxylic acids is 1. The van der Waals surface area contributed by atoms with Gasteiger partial charge in [0.2, 0.25) is 5.71 Å². The molecular formula is C11H12N2O3. The molecule has 0 spiro atoms. The zero-order chi connectivity index (χ0) is 11.7. The quantitative estimate of drug-likeness (QED) is 0.857. The predicted molar refractivity (Wildman–Crippen MR) is 57.3 cm³/mol. The number of carbonyl (C=O) groups is 1. The Balaban J connectivity index is 2.52. The van der Waals surface area contributed by atoms with Crippen molar-refractivity contribution in [1.29, 1.82) is 0 Å². The Labute approximate surface area is 92.1 Å². The van der Waals surface area contributed by atoms with Crippen LogP contribution in [0.1, 0.15) is 30.1 Å². The van der Waals surface area contributed by atoms with Crippen molar-refractivity contribution in [2.75, 3.05) is 0 Å². The first-order chi connectivity index (χ1) is 7.58. The van der Waals surface area contributed by atoms with E-state index in [0.717, 1.165) is 0 Å². The van der Waals surface area contributed by atoms with Gasteiger partial charge in [0.05, 0.1) is 5.56 Å². The first-order valence-electron chi connectivity index (χ1n) is 5.05. The molecule has 5 heteroatoms. The van der Waals surface area contributed by atoms with Crippen LogP contribution in [-0.2, 0) is 6.42 Å². The largest absolute Gasteiger partial charge is 0.478 e. The summed E-state index contributed by atoms with van der Waals surface area (Å²) in [5.74, 6) is -0.0793. The lowest BCUT2D eigenvalue weighted by atomic mass is 10.1. The maximum absolute atomic E-state index is 10.9. The van der Waals surface area contributed by atoms with Crippen LogP contribution in [0.2, 0.25) is 0 Å². The third-order valence-electron chi connectivity index (χ3n) is 2.15. The summed E-state index contributed by atoms with van der Waals surface area (Å²) in [6.07, 6.45) is 2.09. The minimum absolute atomic E-state index is 0.128. The first-order valence-corrected chi connectivity index (χ1v) is 5.05. The molecule has 16 heavy (non-hydrogen) atoms. The van der Waals surface area contributed by atoms with E-state index in [2.05, 4.69) is 9.97 Å². The highest BCUT2D eigenvalue weighted by Crippen LogP contribution is 2.19. The maximum Gasteiger partial charge on any atom is 0.338 e. The lowest BCUT2D eigenvalue weighted by Gasteiger charge is -1.96. The van der Waals surface area contributed by atoms with Crippen LogP contribution in [0.5, 0.6) is 0 Å². The summed E-state index contributed by atoms with van der Waals surface area (Å²) in [5, 5.41) is 8.96. The van der Waals surface area contributed by atoms with Crippen molar-refractivity contribution in [3.8, 4) is 0 Å². The summed E-state index contributed by atoms with van der Waals surface area (Å²) in [5.41, 5.74) is 0.741. The van der Waals surface area contributed by atoms with Gasteiger partial charge in [-0.05, 0) is 12.0 Å². The second-order valence-corrected chi connectivity index (χ2v) is 4.02. The van der Waals surface area contributed by atoms with Crippen LogP contribution in [0.25, 0.3) is 11.2 Å². The molecule has 84 valence electrons. The number of hydrogen-bond acceptors (Lipinski definition) is 4. The highest BCUT2D eigenvalue weighted by molar-refractivity contribution is 5.99. The van der Waals surface area contributed by atoms with Gasteiger partial charge in [-0.25, -0.2) is 14.8 Å². The highest BCUT2D eigenvalue weighted by atomic mass is 16.4. The molecule has 0 saturated heterocycles. The van der Waals surface area contributed by atoms with Crippen LogP contribution in [0, 0.1) is 5.92 Å². The zero-order valence-electron chi connectivity index (χ0n) is 9.10. The topological polar surface area (TPSA) is 76.2 Å². The molecule has 0 aromatic carbocycles. The fraction of sp³-hybridized carbons (Fsp3) is 0.364. The Kier molecular flexibility index (Phi) is 2.60. The molecule has 5 nitrogen and oxygen atoms in total. The van der Waals surface area contributed by atoms with Crippen molar-refractivity contribution in [3.63, 3.8) is 0 Å². The van der Waals surface area contributed by atoms with Crippen LogP contribution < -0.4 is 0 Å². The molecule has 2 rings (SSSR count). The van der Waals surface area contributed by atoms with Gasteiger partial charge in [-0.3, -0.25) is 0 Å². The Bertz CT molecular complexity index is 531. The Hall–Kier alpha value is -1.91. The van der Waals surface area contributed by atoms with Crippen molar-refractivity contribution < 1.29 is 14.3 Å². The van der Waals surface area contributed by atoms with E-state index in [-0.39, 0.29) is 11.3 Å². The van der Waals surface area contributed by atoms with Gasteiger partial charge < -0.3 is 9.52 Å². The number of aromatic nitrogens is 2. The van der Waals surface area contributed by atoms with Gasteiger partial charge in [0.1, 0.15) is 5.52 Å². The zero-order valence-corrected chi connectivity index (χ0v) is 9.10. The Morgan fingerprint density at radius 3 is 2.94 bits per heavy atom. The smallest absolute Gasteiger partial charge is 0.338 e. The normalized spacial score (nSPS) is 11.2. The molecule has 0 aliphatic carbocycles. The fourth-order valence-electron chi connectivity index (χ4n) is 1.49. The van der Waals surface area contributed by atoms with Crippen LogP contribution in [0.15, 0.2) is 16.7 Å². The van der Waals surface area contributed by atoms with Gasteiger partial charge in [0.15, 0.2) is 5.89 Å². The van der Waals surface area contributed by atoms with Gasteiger partial charge in [0, 0.05) is 12.6 Å². The summed E-state index contributed by atoms with van der Waals surface area (Å²) >= 11 is 0. The summed E-state index contributed by atoms with van der Waals surface area (Å²) < 4.78 is 5.38. The maximum atomic E-state index is 10.9. The molecule has 2 aromatic heterocycles. The summed E-state index contributed by atoms with van der Waals surface area (Å²) in [6.45, 7) is 4.08. The number of nitrogens with zero attached hydrogens (tertiary/aromatic N) is 2. The van der Waals surface area contributed by atoms with Gasteiger partial charge >= 0.3 is 5.97 Å². The average Bonchev–Trinajstić information content (AvgIpc) is 2.57. The SMILES string of the molecule is CC(C)Cc1nc2c(C(=O)O)ccnc2o1. The minimum Gasteiger partial charge on any atom is -0.478 e. The number of oxazole rings is 1. The molecule has 1 N–H and O–H groups in total. The molecule has 0 radical (unpaired) electrons. The Morgan fingerprint density at radius 2 is 2.31 bits per heavy atom. The molecule has 0 aliphatic heterocycles. The molecule has 0 amide bonds. The molecule has 0 atom stereocenters. The lowest BCUT2D eigenvalue weighted by Crippen LogP contribution is -1.98.